The lowest BCUT2D eigenvalue weighted by Crippen LogP contribution is -2.44. The first-order valence-electron chi connectivity index (χ1n) is 8.81. The number of hydrogen-bond acceptors (Lipinski definition) is 4. The zero-order chi connectivity index (χ0) is 19.1. The SMILES string of the molecule is CC(=O)N1CC2(CCN(C(=O)c3ccc(C)c(O)c3)CC2)CC1C(=O)O. The van der Waals surface area contributed by atoms with Crippen LogP contribution in [0.4, 0.5) is 0 Å². The summed E-state index contributed by atoms with van der Waals surface area (Å²) in [7, 11) is 0. The number of hydrogen-bond donors (Lipinski definition) is 2. The highest BCUT2D eigenvalue weighted by atomic mass is 16.4. The van der Waals surface area contributed by atoms with Crippen LogP contribution < -0.4 is 0 Å². The molecular formula is C19H24N2O5. The Labute approximate surface area is 152 Å². The maximum absolute atomic E-state index is 12.7. The van der Waals surface area contributed by atoms with Gasteiger partial charge in [-0.2, -0.15) is 0 Å². The molecule has 0 bridgehead atoms. The van der Waals surface area contributed by atoms with Crippen LogP contribution in [0.15, 0.2) is 18.2 Å². The molecule has 0 aromatic heterocycles. The van der Waals surface area contributed by atoms with Gasteiger partial charge in [-0.05, 0) is 49.3 Å². The van der Waals surface area contributed by atoms with E-state index in [0.29, 0.717) is 50.0 Å². The number of carbonyl (C=O) groups is 3. The van der Waals surface area contributed by atoms with Crippen LogP contribution in [0.2, 0.25) is 0 Å². The summed E-state index contributed by atoms with van der Waals surface area (Å²) in [5.41, 5.74) is 0.930. The summed E-state index contributed by atoms with van der Waals surface area (Å²) in [6.45, 7) is 4.65. The van der Waals surface area contributed by atoms with Gasteiger partial charge in [0.25, 0.3) is 5.91 Å². The summed E-state index contributed by atoms with van der Waals surface area (Å²) in [6, 6.07) is 4.13. The molecule has 1 aromatic carbocycles. The first kappa shape index (κ1) is 18.2. The Morgan fingerprint density at radius 3 is 2.35 bits per heavy atom. The molecule has 2 heterocycles. The number of carboxylic acids is 1. The normalized spacial score (nSPS) is 21.8. The van der Waals surface area contributed by atoms with E-state index >= 15 is 0 Å². The van der Waals surface area contributed by atoms with Crippen molar-refractivity contribution in [3.05, 3.63) is 29.3 Å². The smallest absolute Gasteiger partial charge is 0.326 e. The molecule has 7 heteroatoms. The lowest BCUT2D eigenvalue weighted by Gasteiger charge is -2.39. The molecule has 1 atom stereocenters. The van der Waals surface area contributed by atoms with Gasteiger partial charge in [0.1, 0.15) is 11.8 Å². The number of nitrogens with zero attached hydrogens (tertiary/aromatic N) is 2. The summed E-state index contributed by atoms with van der Waals surface area (Å²) < 4.78 is 0. The number of aromatic hydroxyl groups is 1. The predicted molar refractivity (Wildman–Crippen MR) is 93.8 cm³/mol. The van der Waals surface area contributed by atoms with Gasteiger partial charge in [-0.1, -0.05) is 6.07 Å². The lowest BCUT2D eigenvalue weighted by molar-refractivity contribution is -0.147. The Morgan fingerprint density at radius 2 is 1.85 bits per heavy atom. The second kappa shape index (κ2) is 6.63. The fraction of sp³-hybridized carbons (Fsp3) is 0.526. The first-order chi connectivity index (χ1) is 12.2. The van der Waals surface area contributed by atoms with Gasteiger partial charge in [0.15, 0.2) is 0 Å². The third-order valence-corrected chi connectivity index (χ3v) is 5.77. The molecule has 2 N–H and O–H groups in total. The summed E-state index contributed by atoms with van der Waals surface area (Å²) in [5.74, 6) is -1.22. The maximum atomic E-state index is 12.7. The number of carboxylic acid groups (broad SMARTS) is 1. The number of benzene rings is 1. The Hall–Kier alpha value is -2.57. The average Bonchev–Trinajstić information content (AvgIpc) is 2.97. The van der Waals surface area contributed by atoms with Gasteiger partial charge in [0.2, 0.25) is 5.91 Å². The van der Waals surface area contributed by atoms with E-state index in [0.717, 1.165) is 0 Å². The highest BCUT2D eigenvalue weighted by molar-refractivity contribution is 5.94. The van der Waals surface area contributed by atoms with Crippen molar-refractivity contribution in [2.24, 2.45) is 5.41 Å². The van der Waals surface area contributed by atoms with E-state index in [1.165, 1.54) is 17.9 Å². The third-order valence-electron chi connectivity index (χ3n) is 5.77. The largest absolute Gasteiger partial charge is 0.508 e. The minimum atomic E-state index is -0.967. The molecule has 2 saturated heterocycles. The number of phenolic OH excluding ortho intramolecular Hbond substituents is 1. The van der Waals surface area contributed by atoms with Gasteiger partial charge in [-0.25, -0.2) is 4.79 Å². The van der Waals surface area contributed by atoms with E-state index in [4.69, 9.17) is 0 Å². The first-order valence-corrected chi connectivity index (χ1v) is 8.81. The molecule has 140 valence electrons. The summed E-state index contributed by atoms with van der Waals surface area (Å²) in [6.07, 6.45) is 1.78. The molecular weight excluding hydrogens is 336 g/mol. The van der Waals surface area contributed by atoms with Crippen molar-refractivity contribution in [1.29, 1.82) is 0 Å². The zero-order valence-corrected chi connectivity index (χ0v) is 15.1. The number of likely N-dealkylation sites (tertiary alicyclic amines) is 2. The Morgan fingerprint density at radius 1 is 1.19 bits per heavy atom. The topological polar surface area (TPSA) is 98.2 Å². The van der Waals surface area contributed by atoms with Gasteiger partial charge >= 0.3 is 5.97 Å². The highest BCUT2D eigenvalue weighted by Gasteiger charge is 2.49. The van der Waals surface area contributed by atoms with Crippen molar-refractivity contribution in [2.75, 3.05) is 19.6 Å². The summed E-state index contributed by atoms with van der Waals surface area (Å²) in [5, 5.41) is 19.2. The van der Waals surface area contributed by atoms with Crippen LogP contribution in [0.1, 0.15) is 42.1 Å². The highest BCUT2D eigenvalue weighted by Crippen LogP contribution is 2.43. The predicted octanol–water partition coefficient (Wildman–Crippen LogP) is 1.63. The zero-order valence-electron chi connectivity index (χ0n) is 15.1. The quantitative estimate of drug-likeness (QED) is 0.835. The van der Waals surface area contributed by atoms with E-state index in [-0.39, 0.29) is 23.0 Å². The van der Waals surface area contributed by atoms with Gasteiger partial charge in [-0.3, -0.25) is 9.59 Å². The van der Waals surface area contributed by atoms with Crippen molar-refractivity contribution in [3.8, 4) is 5.75 Å². The minimum absolute atomic E-state index is 0.0986. The van der Waals surface area contributed by atoms with E-state index < -0.39 is 12.0 Å². The molecule has 1 spiro atoms. The molecule has 2 aliphatic rings. The number of rotatable bonds is 2. The molecule has 2 amide bonds. The second-order valence-corrected chi connectivity index (χ2v) is 7.50. The molecule has 1 unspecified atom stereocenters. The lowest BCUT2D eigenvalue weighted by atomic mass is 9.76. The number of phenols is 1. The number of carbonyl (C=O) groups excluding carboxylic acids is 2. The molecule has 2 fully saturated rings. The number of piperidine rings is 1. The molecule has 26 heavy (non-hydrogen) atoms. The van der Waals surface area contributed by atoms with Crippen LogP contribution in [0.25, 0.3) is 0 Å². The van der Waals surface area contributed by atoms with Crippen LogP contribution in [-0.4, -0.2) is 63.5 Å². The molecule has 0 saturated carbocycles. The van der Waals surface area contributed by atoms with Crippen molar-refractivity contribution in [3.63, 3.8) is 0 Å². The van der Waals surface area contributed by atoms with Crippen LogP contribution in [0, 0.1) is 12.3 Å². The summed E-state index contributed by atoms with van der Waals surface area (Å²) >= 11 is 0. The van der Waals surface area contributed by atoms with Crippen molar-refractivity contribution >= 4 is 17.8 Å². The summed E-state index contributed by atoms with van der Waals surface area (Å²) in [4.78, 5) is 39.1. The van der Waals surface area contributed by atoms with Gasteiger partial charge in [0.05, 0.1) is 0 Å². The third kappa shape index (κ3) is 3.25. The van der Waals surface area contributed by atoms with Crippen LogP contribution in [0.3, 0.4) is 0 Å². The number of aliphatic carboxylic acids is 1. The van der Waals surface area contributed by atoms with Crippen LogP contribution >= 0.6 is 0 Å². The van der Waals surface area contributed by atoms with E-state index in [1.54, 1.807) is 24.0 Å². The molecule has 0 radical (unpaired) electrons. The van der Waals surface area contributed by atoms with Crippen LogP contribution in [-0.2, 0) is 9.59 Å². The molecule has 3 rings (SSSR count). The van der Waals surface area contributed by atoms with Gasteiger partial charge < -0.3 is 20.0 Å². The molecule has 2 aliphatic heterocycles. The minimum Gasteiger partial charge on any atom is -0.508 e. The van der Waals surface area contributed by atoms with E-state index in [9.17, 15) is 24.6 Å². The van der Waals surface area contributed by atoms with E-state index in [1.807, 2.05) is 0 Å². The Balaban J connectivity index is 1.69. The fourth-order valence-corrected chi connectivity index (χ4v) is 4.08. The molecule has 0 aliphatic carbocycles. The number of amides is 2. The van der Waals surface area contributed by atoms with Crippen molar-refractivity contribution in [2.45, 2.75) is 39.2 Å². The van der Waals surface area contributed by atoms with Crippen molar-refractivity contribution in [1.82, 2.24) is 9.80 Å². The molecule has 7 nitrogen and oxygen atoms in total. The Bertz CT molecular complexity index is 728. The fourth-order valence-electron chi connectivity index (χ4n) is 4.08. The maximum Gasteiger partial charge on any atom is 0.326 e. The van der Waals surface area contributed by atoms with E-state index in [2.05, 4.69) is 0 Å². The molecule has 1 aromatic rings. The monoisotopic (exact) mass is 360 g/mol. The Kier molecular flexibility index (Phi) is 4.64. The van der Waals surface area contributed by atoms with Gasteiger partial charge in [0, 0.05) is 32.1 Å². The second-order valence-electron chi connectivity index (χ2n) is 7.50. The van der Waals surface area contributed by atoms with Crippen molar-refractivity contribution < 1.29 is 24.6 Å². The average molecular weight is 360 g/mol. The number of aryl methyl sites for hydroxylation is 1. The van der Waals surface area contributed by atoms with Gasteiger partial charge in [-0.15, -0.1) is 0 Å². The van der Waals surface area contributed by atoms with Crippen LogP contribution in [0.5, 0.6) is 5.75 Å². The standard InChI is InChI=1S/C19H24N2O5/c1-12-3-4-14(9-16(12)23)17(24)20-7-5-19(6-8-20)10-15(18(25)26)21(11-19)13(2)22/h3-4,9,15,23H,5-8,10-11H2,1-2H3,(H,25,26).